The van der Waals surface area contributed by atoms with E-state index < -0.39 is 0 Å². The van der Waals surface area contributed by atoms with Gasteiger partial charge in [0.15, 0.2) is 5.12 Å². The van der Waals surface area contributed by atoms with Gasteiger partial charge in [-0.1, -0.05) is 23.9 Å². The zero-order valence-electron chi connectivity index (χ0n) is 10.1. The third kappa shape index (κ3) is 3.26. The van der Waals surface area contributed by atoms with Crippen LogP contribution in [0.5, 0.6) is 5.75 Å². The van der Waals surface area contributed by atoms with Gasteiger partial charge in [0.1, 0.15) is 5.75 Å². The molecule has 0 aliphatic carbocycles. The molecule has 1 amide bonds. The lowest BCUT2D eigenvalue weighted by Gasteiger charge is -2.10. The molecule has 0 saturated carbocycles. The molecule has 1 fully saturated rings. The van der Waals surface area contributed by atoms with Gasteiger partial charge in [0.25, 0.3) is 0 Å². The Labute approximate surface area is 110 Å². The minimum absolute atomic E-state index is 0.0452. The van der Waals surface area contributed by atoms with E-state index in [2.05, 4.69) is 5.32 Å². The van der Waals surface area contributed by atoms with E-state index in [1.54, 1.807) is 7.11 Å². The van der Waals surface area contributed by atoms with Crippen LogP contribution in [0, 0.1) is 5.92 Å². The van der Waals surface area contributed by atoms with E-state index >= 15 is 0 Å². The van der Waals surface area contributed by atoms with Gasteiger partial charge < -0.3 is 10.1 Å². The second-order valence-electron chi connectivity index (χ2n) is 4.15. The number of hydrogen-bond donors (Lipinski definition) is 1. The SMILES string of the molecule is COc1cccc(CNC(=O)C2CSC(=O)C2)c1. The minimum Gasteiger partial charge on any atom is -0.497 e. The molecule has 1 aliphatic rings. The highest BCUT2D eigenvalue weighted by molar-refractivity contribution is 8.14. The van der Waals surface area contributed by atoms with Crippen LogP contribution in [-0.4, -0.2) is 23.9 Å². The van der Waals surface area contributed by atoms with Gasteiger partial charge in [0.05, 0.1) is 13.0 Å². The molecule has 18 heavy (non-hydrogen) atoms. The molecule has 0 radical (unpaired) electrons. The standard InChI is InChI=1S/C13H15NO3S/c1-17-11-4-2-3-9(5-11)7-14-13(16)10-6-12(15)18-8-10/h2-5,10H,6-8H2,1H3,(H,14,16). The molecule has 1 saturated heterocycles. The van der Waals surface area contributed by atoms with Crippen molar-refractivity contribution in [3.8, 4) is 5.75 Å². The van der Waals surface area contributed by atoms with Crippen molar-refractivity contribution in [2.75, 3.05) is 12.9 Å². The first-order chi connectivity index (χ1) is 8.69. The molecule has 0 aromatic heterocycles. The van der Waals surface area contributed by atoms with Gasteiger partial charge in [-0.25, -0.2) is 0 Å². The van der Waals surface area contributed by atoms with Crippen molar-refractivity contribution in [1.29, 1.82) is 0 Å². The summed E-state index contributed by atoms with van der Waals surface area (Å²) in [4.78, 5) is 22.9. The van der Waals surface area contributed by atoms with Crippen molar-refractivity contribution in [1.82, 2.24) is 5.32 Å². The summed E-state index contributed by atoms with van der Waals surface area (Å²) in [7, 11) is 1.61. The third-order valence-corrected chi connectivity index (χ3v) is 3.89. The number of benzene rings is 1. The van der Waals surface area contributed by atoms with Crippen LogP contribution in [0.4, 0.5) is 0 Å². The summed E-state index contributed by atoms with van der Waals surface area (Å²) in [5.41, 5.74) is 0.986. The molecular weight excluding hydrogens is 250 g/mol. The lowest BCUT2D eigenvalue weighted by atomic mass is 10.1. The second kappa shape index (κ2) is 5.91. The Morgan fingerprint density at radius 1 is 1.56 bits per heavy atom. The molecule has 1 atom stereocenters. The van der Waals surface area contributed by atoms with Gasteiger partial charge in [-0.05, 0) is 17.7 Å². The van der Waals surface area contributed by atoms with Crippen LogP contribution in [0.15, 0.2) is 24.3 Å². The van der Waals surface area contributed by atoms with E-state index in [0.29, 0.717) is 18.7 Å². The van der Waals surface area contributed by atoms with Crippen molar-refractivity contribution in [2.45, 2.75) is 13.0 Å². The first-order valence-electron chi connectivity index (χ1n) is 5.75. The lowest BCUT2D eigenvalue weighted by Crippen LogP contribution is -2.30. The van der Waals surface area contributed by atoms with Crippen LogP contribution in [0.3, 0.4) is 0 Å². The van der Waals surface area contributed by atoms with E-state index in [1.807, 2.05) is 24.3 Å². The maximum atomic E-state index is 11.8. The number of methoxy groups -OCH3 is 1. The van der Waals surface area contributed by atoms with Gasteiger partial charge >= 0.3 is 0 Å². The maximum Gasteiger partial charge on any atom is 0.224 e. The average Bonchev–Trinajstić information content (AvgIpc) is 2.83. The fourth-order valence-electron chi connectivity index (χ4n) is 1.80. The summed E-state index contributed by atoms with van der Waals surface area (Å²) in [6.07, 6.45) is 0.356. The summed E-state index contributed by atoms with van der Waals surface area (Å²) in [5, 5.41) is 2.96. The van der Waals surface area contributed by atoms with Gasteiger partial charge in [-0.3, -0.25) is 9.59 Å². The number of amides is 1. The Hall–Kier alpha value is -1.49. The zero-order chi connectivity index (χ0) is 13.0. The van der Waals surface area contributed by atoms with Crippen LogP contribution in [-0.2, 0) is 16.1 Å². The van der Waals surface area contributed by atoms with Crippen LogP contribution in [0.2, 0.25) is 0 Å². The summed E-state index contributed by atoms with van der Waals surface area (Å²) in [5.74, 6) is 1.15. The van der Waals surface area contributed by atoms with Crippen molar-refractivity contribution in [2.24, 2.45) is 5.92 Å². The number of nitrogens with one attached hydrogen (secondary N) is 1. The molecule has 96 valence electrons. The quantitative estimate of drug-likeness (QED) is 0.898. The van der Waals surface area contributed by atoms with Gasteiger partial charge in [0, 0.05) is 18.7 Å². The second-order valence-corrected chi connectivity index (χ2v) is 5.23. The highest BCUT2D eigenvalue weighted by atomic mass is 32.2. The first-order valence-corrected chi connectivity index (χ1v) is 6.74. The number of carbonyl (C=O) groups excluding carboxylic acids is 2. The largest absolute Gasteiger partial charge is 0.497 e. The van der Waals surface area contributed by atoms with E-state index in [-0.39, 0.29) is 16.9 Å². The Bertz CT molecular complexity index is 461. The van der Waals surface area contributed by atoms with Crippen molar-refractivity contribution in [3.05, 3.63) is 29.8 Å². The molecule has 1 aromatic carbocycles. The van der Waals surface area contributed by atoms with E-state index in [9.17, 15) is 9.59 Å². The van der Waals surface area contributed by atoms with Crippen LogP contribution < -0.4 is 10.1 Å². The van der Waals surface area contributed by atoms with Crippen molar-refractivity contribution in [3.63, 3.8) is 0 Å². The van der Waals surface area contributed by atoms with E-state index in [1.165, 1.54) is 11.8 Å². The smallest absolute Gasteiger partial charge is 0.224 e. The Balaban J connectivity index is 1.87. The van der Waals surface area contributed by atoms with E-state index in [0.717, 1.165) is 11.3 Å². The van der Waals surface area contributed by atoms with Gasteiger partial charge in [-0.2, -0.15) is 0 Å². The summed E-state index contributed by atoms with van der Waals surface area (Å²) in [6.45, 7) is 0.464. The first kappa shape index (κ1) is 13.0. The number of carbonyl (C=O) groups is 2. The highest BCUT2D eigenvalue weighted by Gasteiger charge is 2.28. The van der Waals surface area contributed by atoms with Crippen molar-refractivity contribution >= 4 is 22.8 Å². The third-order valence-electron chi connectivity index (χ3n) is 2.83. The number of rotatable bonds is 4. The molecule has 2 rings (SSSR count). The number of hydrogen-bond acceptors (Lipinski definition) is 4. The molecule has 0 spiro atoms. The summed E-state index contributed by atoms with van der Waals surface area (Å²) >= 11 is 1.24. The molecular formula is C13H15NO3S. The predicted molar refractivity (Wildman–Crippen MR) is 70.4 cm³/mol. The van der Waals surface area contributed by atoms with Crippen LogP contribution >= 0.6 is 11.8 Å². The Morgan fingerprint density at radius 3 is 3.06 bits per heavy atom. The Morgan fingerprint density at radius 2 is 2.39 bits per heavy atom. The summed E-state index contributed by atoms with van der Waals surface area (Å²) in [6, 6.07) is 7.55. The molecule has 4 nitrogen and oxygen atoms in total. The van der Waals surface area contributed by atoms with Crippen molar-refractivity contribution < 1.29 is 14.3 Å². The maximum absolute atomic E-state index is 11.8. The zero-order valence-corrected chi connectivity index (χ0v) is 11.0. The fourth-order valence-corrected chi connectivity index (χ4v) is 2.77. The molecule has 1 aromatic rings. The number of ether oxygens (including phenoxy) is 1. The molecule has 0 bridgehead atoms. The fraction of sp³-hybridized carbons (Fsp3) is 0.385. The van der Waals surface area contributed by atoms with E-state index in [4.69, 9.17) is 4.74 Å². The molecule has 5 heteroatoms. The number of thioether (sulfide) groups is 1. The van der Waals surface area contributed by atoms with Crippen LogP contribution in [0.25, 0.3) is 0 Å². The monoisotopic (exact) mass is 265 g/mol. The molecule has 1 N–H and O–H groups in total. The van der Waals surface area contributed by atoms with Crippen LogP contribution in [0.1, 0.15) is 12.0 Å². The predicted octanol–water partition coefficient (Wildman–Crippen LogP) is 1.59. The topological polar surface area (TPSA) is 55.4 Å². The average molecular weight is 265 g/mol. The molecule has 1 unspecified atom stereocenters. The Kier molecular flexibility index (Phi) is 4.25. The van der Waals surface area contributed by atoms with Gasteiger partial charge in [0.2, 0.25) is 5.91 Å². The molecule has 1 aliphatic heterocycles. The lowest BCUT2D eigenvalue weighted by molar-refractivity contribution is -0.126. The highest BCUT2D eigenvalue weighted by Crippen LogP contribution is 2.25. The molecule has 1 heterocycles. The summed E-state index contributed by atoms with van der Waals surface area (Å²) < 4.78 is 5.11. The van der Waals surface area contributed by atoms with Gasteiger partial charge in [-0.15, -0.1) is 0 Å². The minimum atomic E-state index is -0.173. The normalized spacial score (nSPS) is 18.7.